The molecule has 0 saturated heterocycles. The molecule has 1 rings (SSSR count). The first kappa shape index (κ1) is 9.72. The number of hydrogen-bond donors (Lipinski definition) is 1. The highest BCUT2D eigenvalue weighted by atomic mass is 35.5. The third-order valence-electron chi connectivity index (χ3n) is 1.98. The Morgan fingerprint density at radius 3 is 1.90 bits per heavy atom. The van der Waals surface area contributed by atoms with Gasteiger partial charge in [-0.05, 0) is 26.9 Å². The zero-order valence-corrected chi connectivity index (χ0v) is 6.94. The molecule has 0 aromatic rings. The second-order valence-corrected chi connectivity index (χ2v) is 2.73. The minimum atomic E-state index is -0.687. The number of rotatable bonds is 2. The summed E-state index contributed by atoms with van der Waals surface area (Å²) in [6.45, 7) is 0. The molecule has 0 amide bonds. The van der Waals surface area contributed by atoms with Crippen molar-refractivity contribution in [3.05, 3.63) is 0 Å². The quantitative estimate of drug-likeness (QED) is 0.651. The first-order valence-corrected chi connectivity index (χ1v) is 3.00. The van der Waals surface area contributed by atoms with Crippen LogP contribution in [0.3, 0.4) is 0 Å². The Labute approximate surface area is 66.4 Å². The van der Waals surface area contributed by atoms with E-state index < -0.39 is 11.5 Å². The minimum Gasteiger partial charge on any atom is -0.480 e. The molecule has 0 bridgehead atoms. The predicted molar refractivity (Wildman–Crippen MR) is 40.5 cm³/mol. The monoisotopic (exact) mass is 165 g/mol. The van der Waals surface area contributed by atoms with Crippen molar-refractivity contribution in [2.45, 2.75) is 18.4 Å². The van der Waals surface area contributed by atoms with E-state index in [9.17, 15) is 4.79 Å². The summed E-state index contributed by atoms with van der Waals surface area (Å²) in [5, 5.41) is 8.63. The Bertz CT molecular complexity index is 143. The number of aliphatic carboxylic acids is 1. The van der Waals surface area contributed by atoms with E-state index in [0.29, 0.717) is 0 Å². The number of halogens is 1. The first-order chi connectivity index (χ1) is 4.09. The molecule has 0 heterocycles. The molecule has 60 valence electrons. The molecule has 0 unspecified atom stereocenters. The van der Waals surface area contributed by atoms with Crippen molar-refractivity contribution >= 4 is 18.4 Å². The van der Waals surface area contributed by atoms with Crippen LogP contribution in [0.1, 0.15) is 12.8 Å². The van der Waals surface area contributed by atoms with E-state index in [1.807, 2.05) is 0 Å². The van der Waals surface area contributed by atoms with E-state index in [-0.39, 0.29) is 12.4 Å². The van der Waals surface area contributed by atoms with Gasteiger partial charge in [0, 0.05) is 0 Å². The number of carbonyl (C=O) groups is 1. The lowest BCUT2D eigenvalue weighted by Crippen LogP contribution is -2.37. The largest absolute Gasteiger partial charge is 0.480 e. The number of nitrogens with zero attached hydrogens (tertiary/aromatic N) is 1. The van der Waals surface area contributed by atoms with Gasteiger partial charge in [-0.1, -0.05) is 0 Å². The van der Waals surface area contributed by atoms with Gasteiger partial charge < -0.3 is 5.11 Å². The molecule has 3 nitrogen and oxygen atoms in total. The fourth-order valence-corrected chi connectivity index (χ4v) is 0.971. The standard InChI is InChI=1S/C6H11NO2.ClH/c1-7(2)6(3-4-6)5(8)9;/h3-4H2,1-2H3,(H,8,9);1H. The molecule has 0 atom stereocenters. The van der Waals surface area contributed by atoms with Gasteiger partial charge in [0.1, 0.15) is 5.54 Å². The summed E-state index contributed by atoms with van der Waals surface area (Å²) >= 11 is 0. The highest BCUT2D eigenvalue weighted by molar-refractivity contribution is 5.85. The van der Waals surface area contributed by atoms with Gasteiger partial charge in [-0.25, -0.2) is 0 Å². The van der Waals surface area contributed by atoms with Crippen LogP contribution in [0.25, 0.3) is 0 Å². The van der Waals surface area contributed by atoms with Gasteiger partial charge in [0.2, 0.25) is 0 Å². The average Bonchev–Trinajstić information content (AvgIpc) is 2.40. The summed E-state index contributed by atoms with van der Waals surface area (Å²) in [6, 6.07) is 0. The van der Waals surface area contributed by atoms with Crippen molar-refractivity contribution in [1.29, 1.82) is 0 Å². The second-order valence-electron chi connectivity index (χ2n) is 2.73. The molecular weight excluding hydrogens is 154 g/mol. The highest BCUT2D eigenvalue weighted by Crippen LogP contribution is 2.39. The summed E-state index contributed by atoms with van der Waals surface area (Å²) in [6.07, 6.45) is 1.60. The van der Waals surface area contributed by atoms with Crippen LogP contribution in [0.2, 0.25) is 0 Å². The van der Waals surface area contributed by atoms with Crippen LogP contribution >= 0.6 is 12.4 Å². The van der Waals surface area contributed by atoms with Crippen LogP contribution in [-0.4, -0.2) is 35.6 Å². The maximum Gasteiger partial charge on any atom is 0.324 e. The normalized spacial score (nSPS) is 19.9. The van der Waals surface area contributed by atoms with Gasteiger partial charge >= 0.3 is 5.97 Å². The molecule has 1 aliphatic carbocycles. The number of hydrogen-bond acceptors (Lipinski definition) is 2. The Hall–Kier alpha value is -0.280. The maximum atomic E-state index is 10.5. The van der Waals surface area contributed by atoms with Crippen LogP contribution in [-0.2, 0) is 4.79 Å². The van der Waals surface area contributed by atoms with Gasteiger partial charge in [0.25, 0.3) is 0 Å². The molecule has 0 aromatic carbocycles. The molecule has 4 heteroatoms. The fourth-order valence-electron chi connectivity index (χ4n) is 0.971. The molecule has 1 fully saturated rings. The Morgan fingerprint density at radius 1 is 1.50 bits per heavy atom. The van der Waals surface area contributed by atoms with Gasteiger partial charge in [0.05, 0.1) is 0 Å². The van der Waals surface area contributed by atoms with E-state index in [4.69, 9.17) is 5.11 Å². The summed E-state index contributed by atoms with van der Waals surface area (Å²) in [4.78, 5) is 12.3. The zero-order chi connectivity index (χ0) is 7.07. The lowest BCUT2D eigenvalue weighted by Gasteiger charge is -2.17. The minimum absolute atomic E-state index is 0. The molecule has 0 aromatic heterocycles. The van der Waals surface area contributed by atoms with E-state index in [0.717, 1.165) is 12.8 Å². The summed E-state index contributed by atoms with van der Waals surface area (Å²) in [5.74, 6) is -0.687. The Kier molecular flexibility index (Phi) is 2.68. The van der Waals surface area contributed by atoms with Crippen molar-refractivity contribution in [1.82, 2.24) is 4.90 Å². The molecule has 1 aliphatic rings. The third-order valence-corrected chi connectivity index (χ3v) is 1.98. The van der Waals surface area contributed by atoms with Gasteiger partial charge in [0.15, 0.2) is 0 Å². The number of likely N-dealkylation sites (N-methyl/N-ethyl adjacent to an activating group) is 1. The van der Waals surface area contributed by atoms with Gasteiger partial charge in [-0.15, -0.1) is 12.4 Å². The zero-order valence-electron chi connectivity index (χ0n) is 6.13. The predicted octanol–water partition coefficient (Wildman–Crippen LogP) is 0.587. The second kappa shape index (κ2) is 2.76. The van der Waals surface area contributed by atoms with Crippen LogP contribution in [0.4, 0.5) is 0 Å². The number of carboxylic acids is 1. The van der Waals surface area contributed by atoms with E-state index >= 15 is 0 Å². The molecule has 10 heavy (non-hydrogen) atoms. The van der Waals surface area contributed by atoms with E-state index in [1.54, 1.807) is 19.0 Å². The molecule has 1 N–H and O–H groups in total. The van der Waals surface area contributed by atoms with Crippen LogP contribution in [0.15, 0.2) is 0 Å². The van der Waals surface area contributed by atoms with Gasteiger partial charge in [-0.2, -0.15) is 0 Å². The van der Waals surface area contributed by atoms with Crippen molar-refractivity contribution in [2.75, 3.05) is 14.1 Å². The lowest BCUT2D eigenvalue weighted by molar-refractivity contribution is -0.143. The molecular formula is C6H12ClNO2. The van der Waals surface area contributed by atoms with Crippen LogP contribution in [0, 0.1) is 0 Å². The summed E-state index contributed by atoms with van der Waals surface area (Å²) < 4.78 is 0. The molecule has 0 spiro atoms. The van der Waals surface area contributed by atoms with Crippen LogP contribution in [0.5, 0.6) is 0 Å². The summed E-state index contributed by atoms with van der Waals surface area (Å²) in [5.41, 5.74) is -0.500. The third kappa shape index (κ3) is 1.25. The fraction of sp³-hybridized carbons (Fsp3) is 0.833. The van der Waals surface area contributed by atoms with Crippen molar-refractivity contribution in [2.24, 2.45) is 0 Å². The topological polar surface area (TPSA) is 40.5 Å². The smallest absolute Gasteiger partial charge is 0.324 e. The highest BCUT2D eigenvalue weighted by Gasteiger charge is 2.52. The molecule has 0 radical (unpaired) electrons. The van der Waals surface area contributed by atoms with Crippen molar-refractivity contribution in [3.8, 4) is 0 Å². The number of carboxylic acid groups (broad SMARTS) is 1. The lowest BCUT2D eigenvalue weighted by atomic mass is 10.2. The van der Waals surface area contributed by atoms with Crippen molar-refractivity contribution in [3.63, 3.8) is 0 Å². The average molecular weight is 166 g/mol. The Balaban J connectivity index is 0.000000810. The Morgan fingerprint density at radius 2 is 1.90 bits per heavy atom. The summed E-state index contributed by atoms with van der Waals surface area (Å²) in [7, 11) is 3.61. The van der Waals surface area contributed by atoms with Crippen LogP contribution < -0.4 is 0 Å². The van der Waals surface area contributed by atoms with E-state index in [2.05, 4.69) is 0 Å². The van der Waals surface area contributed by atoms with E-state index in [1.165, 1.54) is 0 Å². The first-order valence-electron chi connectivity index (χ1n) is 3.00. The SMILES string of the molecule is CN(C)C1(C(=O)O)CC1.Cl. The maximum absolute atomic E-state index is 10.5. The van der Waals surface area contributed by atoms with Gasteiger partial charge in [-0.3, -0.25) is 9.69 Å². The molecule has 1 saturated carbocycles. The molecule has 0 aliphatic heterocycles. The van der Waals surface area contributed by atoms with Crippen molar-refractivity contribution < 1.29 is 9.90 Å².